The molecule has 0 fully saturated rings. The molecule has 0 aliphatic rings. The Kier molecular flexibility index (Phi) is 5.46. The molecule has 3 aromatic rings. The van der Waals surface area contributed by atoms with Gasteiger partial charge < -0.3 is 20.3 Å². The summed E-state index contributed by atoms with van der Waals surface area (Å²) in [5.41, 5.74) is 7.44. The van der Waals surface area contributed by atoms with E-state index in [-0.39, 0.29) is 17.2 Å². The van der Waals surface area contributed by atoms with E-state index in [1.165, 1.54) is 36.6 Å². The SMILES string of the molecule is CCc1csc(NC(=O)c2cc(Oc3cc(O)ccc3OC)ccc2N)n1. The summed E-state index contributed by atoms with van der Waals surface area (Å²) >= 11 is 1.36. The first-order valence-corrected chi connectivity index (χ1v) is 9.08. The van der Waals surface area contributed by atoms with E-state index in [0.29, 0.717) is 28.1 Å². The normalized spacial score (nSPS) is 10.4. The molecule has 0 spiro atoms. The zero-order valence-electron chi connectivity index (χ0n) is 14.9. The highest BCUT2D eigenvalue weighted by Gasteiger charge is 2.15. The number of nitrogens with two attached hydrogens (primary N) is 1. The van der Waals surface area contributed by atoms with Crippen LogP contribution in [0.15, 0.2) is 41.8 Å². The Hall–Kier alpha value is -3.26. The van der Waals surface area contributed by atoms with E-state index in [9.17, 15) is 9.90 Å². The number of hydrogen-bond acceptors (Lipinski definition) is 7. The molecule has 1 amide bonds. The number of methoxy groups -OCH3 is 1. The number of ether oxygens (including phenoxy) is 2. The molecule has 1 heterocycles. The van der Waals surface area contributed by atoms with E-state index in [1.54, 1.807) is 18.2 Å². The average Bonchev–Trinajstić information content (AvgIpc) is 3.11. The molecule has 0 atom stereocenters. The van der Waals surface area contributed by atoms with Crippen molar-refractivity contribution in [2.75, 3.05) is 18.2 Å². The van der Waals surface area contributed by atoms with E-state index in [4.69, 9.17) is 15.2 Å². The Balaban J connectivity index is 1.83. The van der Waals surface area contributed by atoms with Crippen molar-refractivity contribution >= 4 is 28.1 Å². The minimum Gasteiger partial charge on any atom is -0.508 e. The summed E-state index contributed by atoms with van der Waals surface area (Å²) in [7, 11) is 1.50. The van der Waals surface area contributed by atoms with Crippen LogP contribution in [0.2, 0.25) is 0 Å². The molecule has 7 nitrogen and oxygen atoms in total. The highest BCUT2D eigenvalue weighted by Crippen LogP contribution is 2.35. The summed E-state index contributed by atoms with van der Waals surface area (Å²) in [6.07, 6.45) is 0.795. The minimum atomic E-state index is -0.377. The maximum absolute atomic E-state index is 12.6. The van der Waals surface area contributed by atoms with Gasteiger partial charge in [0.15, 0.2) is 16.6 Å². The number of aromatic nitrogens is 1. The van der Waals surface area contributed by atoms with Gasteiger partial charge in [0.2, 0.25) is 0 Å². The Morgan fingerprint density at radius 1 is 1.26 bits per heavy atom. The van der Waals surface area contributed by atoms with Crippen LogP contribution in [-0.2, 0) is 6.42 Å². The average molecular weight is 385 g/mol. The van der Waals surface area contributed by atoms with Crippen LogP contribution in [0.25, 0.3) is 0 Å². The van der Waals surface area contributed by atoms with Crippen molar-refractivity contribution in [2.45, 2.75) is 13.3 Å². The highest BCUT2D eigenvalue weighted by molar-refractivity contribution is 7.14. The molecule has 0 radical (unpaired) electrons. The molecular weight excluding hydrogens is 366 g/mol. The van der Waals surface area contributed by atoms with Gasteiger partial charge in [-0.05, 0) is 36.8 Å². The van der Waals surface area contributed by atoms with Gasteiger partial charge in [0, 0.05) is 17.1 Å². The van der Waals surface area contributed by atoms with E-state index >= 15 is 0 Å². The number of hydrogen-bond donors (Lipinski definition) is 3. The number of nitrogens with zero attached hydrogens (tertiary/aromatic N) is 1. The topological polar surface area (TPSA) is 107 Å². The summed E-state index contributed by atoms with van der Waals surface area (Å²) in [6, 6.07) is 9.25. The third kappa shape index (κ3) is 4.29. The van der Waals surface area contributed by atoms with Crippen LogP contribution in [0.1, 0.15) is 23.0 Å². The number of aryl methyl sites for hydroxylation is 1. The number of amides is 1. The lowest BCUT2D eigenvalue weighted by molar-refractivity contribution is 0.102. The van der Waals surface area contributed by atoms with Crippen LogP contribution in [-0.4, -0.2) is 23.1 Å². The summed E-state index contributed by atoms with van der Waals surface area (Å²) in [6.45, 7) is 2.00. The molecule has 0 unspecified atom stereocenters. The molecule has 0 aliphatic heterocycles. The molecule has 27 heavy (non-hydrogen) atoms. The molecule has 0 saturated carbocycles. The molecule has 8 heteroatoms. The van der Waals surface area contributed by atoms with Crippen LogP contribution in [0.5, 0.6) is 23.0 Å². The number of benzene rings is 2. The lowest BCUT2D eigenvalue weighted by atomic mass is 10.1. The van der Waals surface area contributed by atoms with Crippen molar-refractivity contribution in [1.82, 2.24) is 4.98 Å². The van der Waals surface area contributed by atoms with E-state index in [1.807, 2.05) is 12.3 Å². The molecule has 3 rings (SSSR count). The van der Waals surface area contributed by atoms with Crippen LogP contribution in [0, 0.1) is 0 Å². The molecular formula is C19H19N3O4S. The Labute approximate surface area is 160 Å². The second-order valence-electron chi connectivity index (χ2n) is 5.64. The number of thiazole rings is 1. The largest absolute Gasteiger partial charge is 0.508 e. The fourth-order valence-electron chi connectivity index (χ4n) is 2.36. The molecule has 2 aromatic carbocycles. The Morgan fingerprint density at radius 2 is 2.07 bits per heavy atom. The Morgan fingerprint density at radius 3 is 2.78 bits per heavy atom. The first kappa shape index (κ1) is 18.5. The summed E-state index contributed by atoms with van der Waals surface area (Å²) < 4.78 is 11.0. The highest BCUT2D eigenvalue weighted by atomic mass is 32.1. The quantitative estimate of drug-likeness (QED) is 0.553. The molecule has 4 N–H and O–H groups in total. The van der Waals surface area contributed by atoms with Gasteiger partial charge in [0.1, 0.15) is 11.5 Å². The number of phenols is 1. The maximum atomic E-state index is 12.6. The fourth-order valence-corrected chi connectivity index (χ4v) is 3.15. The molecule has 0 bridgehead atoms. The maximum Gasteiger partial charge on any atom is 0.259 e. The second-order valence-corrected chi connectivity index (χ2v) is 6.50. The predicted molar refractivity (Wildman–Crippen MR) is 105 cm³/mol. The second kappa shape index (κ2) is 7.96. The third-order valence-corrected chi connectivity index (χ3v) is 4.59. The molecule has 1 aromatic heterocycles. The number of carbonyl (C=O) groups excluding carboxylic acids is 1. The van der Waals surface area contributed by atoms with Gasteiger partial charge in [0.25, 0.3) is 5.91 Å². The lowest BCUT2D eigenvalue weighted by Crippen LogP contribution is -2.14. The van der Waals surface area contributed by atoms with E-state index in [0.717, 1.165) is 12.1 Å². The zero-order valence-corrected chi connectivity index (χ0v) is 15.7. The lowest BCUT2D eigenvalue weighted by Gasteiger charge is -2.12. The number of nitrogens with one attached hydrogen (secondary N) is 1. The van der Waals surface area contributed by atoms with Crippen LogP contribution < -0.4 is 20.5 Å². The van der Waals surface area contributed by atoms with Crippen LogP contribution in [0.4, 0.5) is 10.8 Å². The first-order chi connectivity index (χ1) is 13.0. The number of anilines is 2. The van der Waals surface area contributed by atoms with Gasteiger partial charge in [-0.25, -0.2) is 4.98 Å². The Bertz CT molecular complexity index is 971. The van der Waals surface area contributed by atoms with Gasteiger partial charge in [0.05, 0.1) is 18.4 Å². The van der Waals surface area contributed by atoms with Crippen molar-refractivity contribution in [3.63, 3.8) is 0 Å². The molecule has 140 valence electrons. The number of nitrogen functional groups attached to an aromatic ring is 1. The first-order valence-electron chi connectivity index (χ1n) is 8.20. The van der Waals surface area contributed by atoms with E-state index < -0.39 is 0 Å². The van der Waals surface area contributed by atoms with Gasteiger partial charge in [-0.2, -0.15) is 0 Å². The minimum absolute atomic E-state index is 0.0368. The van der Waals surface area contributed by atoms with Crippen molar-refractivity contribution in [1.29, 1.82) is 0 Å². The standard InChI is InChI=1S/C19H19N3O4S/c1-3-11-10-27-19(21-11)22-18(24)14-9-13(5-6-15(14)20)26-17-8-12(23)4-7-16(17)25-2/h4-10,23H,3,20H2,1-2H3,(H,21,22,24). The monoisotopic (exact) mass is 385 g/mol. The van der Waals surface area contributed by atoms with Gasteiger partial charge in [-0.3, -0.25) is 10.1 Å². The fraction of sp³-hybridized carbons (Fsp3) is 0.158. The summed E-state index contributed by atoms with van der Waals surface area (Å²) in [5.74, 6) is 0.811. The van der Waals surface area contributed by atoms with Gasteiger partial charge >= 0.3 is 0 Å². The molecule has 0 aliphatic carbocycles. The predicted octanol–water partition coefficient (Wildman–Crippen LogP) is 4.05. The van der Waals surface area contributed by atoms with Crippen molar-refractivity contribution in [3.8, 4) is 23.0 Å². The zero-order chi connectivity index (χ0) is 19.4. The van der Waals surface area contributed by atoms with Gasteiger partial charge in [-0.15, -0.1) is 11.3 Å². The molecule has 0 saturated heterocycles. The number of carbonyl (C=O) groups is 1. The number of phenolic OH excluding ortho intramolecular Hbond substituents is 1. The smallest absolute Gasteiger partial charge is 0.259 e. The van der Waals surface area contributed by atoms with Crippen molar-refractivity contribution in [3.05, 3.63) is 53.0 Å². The number of rotatable bonds is 6. The van der Waals surface area contributed by atoms with Crippen molar-refractivity contribution < 1.29 is 19.4 Å². The van der Waals surface area contributed by atoms with Crippen LogP contribution >= 0.6 is 11.3 Å². The van der Waals surface area contributed by atoms with E-state index in [2.05, 4.69) is 10.3 Å². The van der Waals surface area contributed by atoms with Gasteiger partial charge in [-0.1, -0.05) is 6.92 Å². The summed E-state index contributed by atoms with van der Waals surface area (Å²) in [4.78, 5) is 16.9. The number of aromatic hydroxyl groups is 1. The van der Waals surface area contributed by atoms with Crippen molar-refractivity contribution in [2.24, 2.45) is 0 Å². The summed E-state index contributed by atoms with van der Waals surface area (Å²) in [5, 5.41) is 14.8. The van der Waals surface area contributed by atoms with Crippen LogP contribution in [0.3, 0.4) is 0 Å². The third-order valence-electron chi connectivity index (χ3n) is 3.78.